The third-order valence-electron chi connectivity index (χ3n) is 6.51. The van der Waals surface area contributed by atoms with Gasteiger partial charge in [0.05, 0.1) is 11.6 Å². The molecule has 1 saturated heterocycles. The summed E-state index contributed by atoms with van der Waals surface area (Å²) in [6, 6.07) is 23.9. The van der Waals surface area contributed by atoms with Crippen molar-refractivity contribution < 1.29 is 24.5 Å². The van der Waals surface area contributed by atoms with E-state index >= 15 is 0 Å². The maximum absolute atomic E-state index is 13.3. The van der Waals surface area contributed by atoms with E-state index in [2.05, 4.69) is 4.98 Å². The van der Waals surface area contributed by atoms with E-state index in [4.69, 9.17) is 4.74 Å². The van der Waals surface area contributed by atoms with Crippen molar-refractivity contribution >= 4 is 17.4 Å². The summed E-state index contributed by atoms with van der Waals surface area (Å²) in [4.78, 5) is 32.0. The molecule has 3 aromatic carbocycles. The number of aromatic nitrogens is 1. The first-order chi connectivity index (χ1) is 18.4. The molecule has 1 atom stereocenters. The molecule has 0 unspecified atom stereocenters. The third-order valence-corrected chi connectivity index (χ3v) is 6.51. The van der Waals surface area contributed by atoms with Crippen LogP contribution in [-0.4, -0.2) is 31.8 Å². The minimum absolute atomic E-state index is 0.0121. The van der Waals surface area contributed by atoms with Gasteiger partial charge in [0.2, 0.25) is 0 Å². The molecule has 7 nitrogen and oxygen atoms in total. The topological polar surface area (TPSA) is 100.0 Å². The Morgan fingerprint density at radius 2 is 1.68 bits per heavy atom. The predicted octanol–water partition coefficient (Wildman–Crippen LogP) is 5.30. The highest BCUT2D eigenvalue weighted by Crippen LogP contribution is 2.41. The quantitative estimate of drug-likeness (QED) is 0.201. The van der Waals surface area contributed by atoms with Crippen molar-refractivity contribution in [3.05, 3.63) is 131 Å². The summed E-state index contributed by atoms with van der Waals surface area (Å²) in [5, 5.41) is 21.2. The Kier molecular flexibility index (Phi) is 6.91. The zero-order valence-electron chi connectivity index (χ0n) is 20.7. The number of rotatable bonds is 7. The van der Waals surface area contributed by atoms with E-state index < -0.39 is 17.7 Å². The molecular formula is C31H26N2O5. The molecule has 4 aromatic rings. The van der Waals surface area contributed by atoms with Gasteiger partial charge >= 0.3 is 0 Å². The zero-order valence-corrected chi connectivity index (χ0v) is 20.7. The lowest BCUT2D eigenvalue weighted by atomic mass is 9.94. The summed E-state index contributed by atoms with van der Waals surface area (Å²) in [7, 11) is 0. The number of carbonyl (C=O) groups excluding carboxylic acids is 2. The van der Waals surface area contributed by atoms with Gasteiger partial charge in [0.25, 0.3) is 11.7 Å². The smallest absolute Gasteiger partial charge is 0.295 e. The zero-order chi connectivity index (χ0) is 26.6. The maximum atomic E-state index is 13.3. The Bertz CT molecular complexity index is 1500. The second kappa shape index (κ2) is 10.6. The fourth-order valence-electron chi connectivity index (χ4n) is 4.58. The molecule has 1 aliphatic heterocycles. The Hall–Kier alpha value is -4.91. The molecule has 1 fully saturated rings. The van der Waals surface area contributed by atoms with Crippen molar-refractivity contribution in [2.45, 2.75) is 26.1 Å². The van der Waals surface area contributed by atoms with Gasteiger partial charge in [0, 0.05) is 24.5 Å². The number of benzene rings is 3. The summed E-state index contributed by atoms with van der Waals surface area (Å²) in [6.45, 7) is 2.38. The van der Waals surface area contributed by atoms with E-state index in [1.54, 1.807) is 48.8 Å². The number of phenols is 1. The molecule has 5 rings (SSSR count). The molecule has 2 heterocycles. The maximum Gasteiger partial charge on any atom is 0.295 e. The fraction of sp³-hybridized carbons (Fsp3) is 0.129. The number of phenolic OH excluding ortho intramolecular Hbond substituents is 1. The number of hydrogen-bond donors (Lipinski definition) is 2. The number of hydrogen-bond acceptors (Lipinski definition) is 6. The number of aliphatic hydroxyl groups excluding tert-OH is 1. The van der Waals surface area contributed by atoms with E-state index in [9.17, 15) is 19.8 Å². The van der Waals surface area contributed by atoms with Crippen LogP contribution in [0.2, 0.25) is 0 Å². The number of pyridine rings is 1. The lowest BCUT2D eigenvalue weighted by molar-refractivity contribution is -0.140. The standard InChI is InChI=1S/C31H26N2O5/c1-20-16-24(11-14-26(20)38-19-21-6-3-2-4-7-21)29(35)27-28(23-9-12-25(34)13-10-23)33(31(37)30(27)36)18-22-8-5-15-32-17-22/h2-17,28,34-35H,18-19H2,1H3/t28-/m0/s1. The van der Waals surface area contributed by atoms with E-state index in [0.717, 1.165) is 16.7 Å². The van der Waals surface area contributed by atoms with Crippen molar-refractivity contribution in [2.75, 3.05) is 0 Å². The summed E-state index contributed by atoms with van der Waals surface area (Å²) in [5.74, 6) is -1.05. The second-order valence-electron chi connectivity index (χ2n) is 9.13. The van der Waals surface area contributed by atoms with Crippen LogP contribution in [0.5, 0.6) is 11.5 Å². The van der Waals surface area contributed by atoms with E-state index in [1.165, 1.54) is 17.0 Å². The molecular weight excluding hydrogens is 480 g/mol. The number of ether oxygens (including phenoxy) is 1. The number of aromatic hydroxyl groups is 1. The average molecular weight is 507 g/mol. The monoisotopic (exact) mass is 506 g/mol. The highest BCUT2D eigenvalue weighted by atomic mass is 16.5. The number of nitrogens with zero attached hydrogens (tertiary/aromatic N) is 2. The first-order valence-electron chi connectivity index (χ1n) is 12.2. The van der Waals surface area contributed by atoms with Gasteiger partial charge in [-0.3, -0.25) is 14.6 Å². The van der Waals surface area contributed by atoms with Gasteiger partial charge < -0.3 is 19.8 Å². The molecule has 1 aromatic heterocycles. The van der Waals surface area contributed by atoms with Crippen LogP contribution in [0.25, 0.3) is 5.76 Å². The molecule has 0 radical (unpaired) electrons. The Labute approximate surface area is 220 Å². The van der Waals surface area contributed by atoms with Gasteiger partial charge in [-0.15, -0.1) is 0 Å². The van der Waals surface area contributed by atoms with Crippen LogP contribution in [-0.2, 0) is 22.7 Å². The highest BCUT2D eigenvalue weighted by molar-refractivity contribution is 6.46. The minimum Gasteiger partial charge on any atom is -0.508 e. The molecule has 0 saturated carbocycles. The second-order valence-corrected chi connectivity index (χ2v) is 9.13. The lowest BCUT2D eigenvalue weighted by Crippen LogP contribution is -2.29. The largest absolute Gasteiger partial charge is 0.508 e. The van der Waals surface area contributed by atoms with Gasteiger partial charge in [-0.25, -0.2) is 0 Å². The van der Waals surface area contributed by atoms with Crippen molar-refractivity contribution in [3.8, 4) is 11.5 Å². The predicted molar refractivity (Wildman–Crippen MR) is 142 cm³/mol. The van der Waals surface area contributed by atoms with Crippen LogP contribution in [0.1, 0.15) is 33.9 Å². The number of aryl methyl sites for hydroxylation is 1. The summed E-state index contributed by atoms with van der Waals surface area (Å²) < 4.78 is 5.95. The number of Topliss-reactive ketones (excluding diaryl/α,β-unsaturated/α-hetero) is 1. The summed E-state index contributed by atoms with van der Waals surface area (Å²) >= 11 is 0. The highest BCUT2D eigenvalue weighted by Gasteiger charge is 2.46. The van der Waals surface area contributed by atoms with Crippen molar-refractivity contribution in [1.29, 1.82) is 0 Å². The van der Waals surface area contributed by atoms with Crippen molar-refractivity contribution in [3.63, 3.8) is 0 Å². The third kappa shape index (κ3) is 4.99. The van der Waals surface area contributed by atoms with E-state index in [-0.39, 0.29) is 23.6 Å². The average Bonchev–Trinajstić information content (AvgIpc) is 3.18. The molecule has 7 heteroatoms. The number of likely N-dealkylation sites (tertiary alicyclic amines) is 1. The van der Waals surface area contributed by atoms with Crippen LogP contribution in [0.15, 0.2) is 103 Å². The van der Waals surface area contributed by atoms with Crippen LogP contribution in [0, 0.1) is 6.92 Å². The number of carbonyl (C=O) groups is 2. The van der Waals surface area contributed by atoms with Crippen LogP contribution >= 0.6 is 0 Å². The minimum atomic E-state index is -0.842. The van der Waals surface area contributed by atoms with Crippen LogP contribution in [0.4, 0.5) is 0 Å². The molecule has 0 aliphatic carbocycles. The lowest BCUT2D eigenvalue weighted by Gasteiger charge is -2.25. The van der Waals surface area contributed by atoms with Gasteiger partial charge in [0.1, 0.15) is 23.9 Å². The molecule has 0 bridgehead atoms. The first-order valence-corrected chi connectivity index (χ1v) is 12.2. The first kappa shape index (κ1) is 24.8. The van der Waals surface area contributed by atoms with Crippen LogP contribution < -0.4 is 4.74 Å². The molecule has 190 valence electrons. The van der Waals surface area contributed by atoms with Gasteiger partial charge in [-0.1, -0.05) is 48.5 Å². The van der Waals surface area contributed by atoms with Gasteiger partial charge in [-0.05, 0) is 65.6 Å². The number of amides is 1. The summed E-state index contributed by atoms with van der Waals surface area (Å²) in [5.41, 5.74) is 3.53. The molecule has 1 amide bonds. The van der Waals surface area contributed by atoms with Gasteiger partial charge in [0.15, 0.2) is 0 Å². The Morgan fingerprint density at radius 3 is 2.37 bits per heavy atom. The van der Waals surface area contributed by atoms with Crippen LogP contribution in [0.3, 0.4) is 0 Å². The van der Waals surface area contributed by atoms with E-state index in [0.29, 0.717) is 23.5 Å². The number of ketones is 1. The molecule has 0 spiro atoms. The Morgan fingerprint density at radius 1 is 0.947 bits per heavy atom. The molecule has 38 heavy (non-hydrogen) atoms. The SMILES string of the molecule is Cc1cc(C(O)=C2C(=O)C(=O)N(Cc3cccnc3)[C@H]2c2ccc(O)cc2)ccc1OCc1ccccc1. The van der Waals surface area contributed by atoms with Crippen molar-refractivity contribution in [2.24, 2.45) is 0 Å². The number of aliphatic hydroxyl groups is 1. The Balaban J connectivity index is 1.51. The summed E-state index contributed by atoms with van der Waals surface area (Å²) in [6.07, 6.45) is 3.26. The fourth-order valence-corrected chi connectivity index (χ4v) is 4.58. The van der Waals surface area contributed by atoms with Crippen molar-refractivity contribution in [1.82, 2.24) is 9.88 Å². The molecule has 2 N–H and O–H groups in total. The van der Waals surface area contributed by atoms with Gasteiger partial charge in [-0.2, -0.15) is 0 Å². The normalized spacial score (nSPS) is 16.6. The molecule has 1 aliphatic rings. The van der Waals surface area contributed by atoms with E-state index in [1.807, 2.05) is 43.3 Å².